The van der Waals surface area contributed by atoms with Gasteiger partial charge in [0.25, 0.3) is 0 Å². The van der Waals surface area contributed by atoms with Crippen LogP contribution in [0.5, 0.6) is 0 Å². The van der Waals surface area contributed by atoms with E-state index in [2.05, 4.69) is 30.6 Å². The van der Waals surface area contributed by atoms with Gasteiger partial charge >= 0.3 is 0 Å². The Morgan fingerprint density at radius 2 is 2.07 bits per heavy atom. The van der Waals surface area contributed by atoms with E-state index in [9.17, 15) is 4.79 Å². The zero-order valence-electron chi connectivity index (χ0n) is 9.79. The Morgan fingerprint density at radius 1 is 1.43 bits per heavy atom. The molecule has 1 fully saturated rings. The van der Waals surface area contributed by atoms with Gasteiger partial charge in [-0.15, -0.1) is 0 Å². The third kappa shape index (κ3) is 2.55. The molecule has 1 aliphatic rings. The summed E-state index contributed by atoms with van der Waals surface area (Å²) in [6.45, 7) is 12.2. The van der Waals surface area contributed by atoms with Crippen molar-refractivity contribution < 1.29 is 4.79 Å². The van der Waals surface area contributed by atoms with Gasteiger partial charge in [0.1, 0.15) is 5.78 Å². The molecule has 3 nitrogen and oxygen atoms in total. The smallest absolute Gasteiger partial charge is 0.148 e. The minimum absolute atomic E-state index is 0.121. The lowest BCUT2D eigenvalue weighted by Gasteiger charge is -2.41. The highest BCUT2D eigenvalue weighted by atomic mass is 16.1. The van der Waals surface area contributed by atoms with Crippen molar-refractivity contribution >= 4 is 5.78 Å². The molecule has 0 N–H and O–H groups in total. The van der Waals surface area contributed by atoms with Crippen molar-refractivity contribution in [2.24, 2.45) is 0 Å². The molecule has 0 aliphatic carbocycles. The van der Waals surface area contributed by atoms with Gasteiger partial charge in [0.05, 0.1) is 6.04 Å². The molecule has 1 unspecified atom stereocenters. The number of ketones is 1. The number of nitrogens with zero attached hydrogens (tertiary/aromatic N) is 2. The van der Waals surface area contributed by atoms with Gasteiger partial charge in [-0.1, -0.05) is 6.92 Å². The van der Waals surface area contributed by atoms with E-state index < -0.39 is 0 Å². The van der Waals surface area contributed by atoms with Gasteiger partial charge in [-0.05, 0) is 27.3 Å². The quantitative estimate of drug-likeness (QED) is 0.675. The first-order chi connectivity index (χ1) is 6.56. The van der Waals surface area contributed by atoms with E-state index in [0.717, 1.165) is 26.2 Å². The van der Waals surface area contributed by atoms with Crippen LogP contribution < -0.4 is 0 Å². The van der Waals surface area contributed by atoms with E-state index in [0.29, 0.717) is 11.8 Å². The number of hydrogen-bond donors (Lipinski definition) is 0. The Morgan fingerprint density at radius 3 is 2.50 bits per heavy atom. The van der Waals surface area contributed by atoms with Crippen molar-refractivity contribution in [2.45, 2.75) is 39.8 Å². The largest absolute Gasteiger partial charge is 0.298 e. The van der Waals surface area contributed by atoms with E-state index in [4.69, 9.17) is 0 Å². The fourth-order valence-corrected chi connectivity index (χ4v) is 2.07. The summed E-state index contributed by atoms with van der Waals surface area (Å²) in [5.74, 6) is 0.303. The van der Waals surface area contributed by atoms with E-state index in [1.807, 2.05) is 0 Å². The Labute approximate surface area is 87.1 Å². The van der Waals surface area contributed by atoms with Crippen LogP contribution in [0, 0.1) is 0 Å². The Hall–Kier alpha value is -0.410. The number of piperazine rings is 1. The maximum Gasteiger partial charge on any atom is 0.148 e. The maximum absolute atomic E-state index is 11.5. The van der Waals surface area contributed by atoms with Crippen LogP contribution in [0.4, 0.5) is 0 Å². The van der Waals surface area contributed by atoms with Crippen LogP contribution in [0.15, 0.2) is 0 Å². The van der Waals surface area contributed by atoms with Crippen molar-refractivity contribution in [1.29, 1.82) is 0 Å². The van der Waals surface area contributed by atoms with E-state index in [-0.39, 0.29) is 6.04 Å². The van der Waals surface area contributed by atoms with Crippen LogP contribution in [0.2, 0.25) is 0 Å². The third-order valence-corrected chi connectivity index (χ3v) is 3.13. The minimum atomic E-state index is 0.121. The van der Waals surface area contributed by atoms with E-state index in [1.54, 1.807) is 6.92 Å². The number of hydrogen-bond acceptors (Lipinski definition) is 3. The summed E-state index contributed by atoms with van der Waals surface area (Å²) in [5.41, 5.74) is 0. The average Bonchev–Trinajstić information content (AvgIpc) is 2.16. The fraction of sp³-hybridized carbons (Fsp3) is 0.909. The number of carbonyl (C=O) groups is 1. The number of likely N-dealkylation sites (N-methyl/N-ethyl adjacent to an activating group) is 1. The molecule has 1 saturated heterocycles. The predicted octanol–water partition coefficient (Wildman–Crippen LogP) is 0.990. The normalized spacial score (nSPS) is 25.6. The molecule has 14 heavy (non-hydrogen) atoms. The summed E-state index contributed by atoms with van der Waals surface area (Å²) in [4.78, 5) is 16.1. The van der Waals surface area contributed by atoms with Crippen molar-refractivity contribution in [3.8, 4) is 0 Å². The predicted molar refractivity (Wildman–Crippen MR) is 58.4 cm³/mol. The van der Waals surface area contributed by atoms with Gasteiger partial charge in [0.15, 0.2) is 0 Å². The van der Waals surface area contributed by atoms with E-state index in [1.165, 1.54) is 0 Å². The number of rotatable bonds is 3. The standard InChI is InChI=1S/C11H22N2O/c1-5-12-6-7-13(9(2)3)8-11(12)10(4)14/h9,11H,5-8H2,1-4H3. The van der Waals surface area contributed by atoms with Crippen LogP contribution in [0.1, 0.15) is 27.7 Å². The Bertz CT molecular complexity index is 203. The van der Waals surface area contributed by atoms with Crippen LogP contribution in [-0.2, 0) is 4.79 Å². The number of carbonyl (C=O) groups excluding carboxylic acids is 1. The summed E-state index contributed by atoms with van der Waals surface area (Å²) in [7, 11) is 0. The molecule has 82 valence electrons. The Balaban J connectivity index is 2.62. The molecule has 1 rings (SSSR count). The summed E-state index contributed by atoms with van der Waals surface area (Å²) >= 11 is 0. The third-order valence-electron chi connectivity index (χ3n) is 3.13. The molecular formula is C11H22N2O. The highest BCUT2D eigenvalue weighted by molar-refractivity contribution is 5.81. The highest BCUT2D eigenvalue weighted by Crippen LogP contribution is 2.12. The molecular weight excluding hydrogens is 176 g/mol. The van der Waals surface area contributed by atoms with Crippen molar-refractivity contribution in [3.63, 3.8) is 0 Å². The molecule has 0 bridgehead atoms. The minimum Gasteiger partial charge on any atom is -0.298 e. The molecule has 0 amide bonds. The van der Waals surface area contributed by atoms with E-state index >= 15 is 0 Å². The molecule has 1 heterocycles. The lowest BCUT2D eigenvalue weighted by molar-refractivity contribution is -0.124. The molecule has 0 aromatic heterocycles. The molecule has 1 atom stereocenters. The first-order valence-electron chi connectivity index (χ1n) is 5.54. The second kappa shape index (κ2) is 4.89. The summed E-state index contributed by atoms with van der Waals surface area (Å²) in [5, 5.41) is 0. The second-order valence-corrected chi connectivity index (χ2v) is 4.34. The molecule has 0 spiro atoms. The van der Waals surface area contributed by atoms with Gasteiger partial charge in [-0.3, -0.25) is 14.6 Å². The highest BCUT2D eigenvalue weighted by Gasteiger charge is 2.29. The van der Waals surface area contributed by atoms with Crippen molar-refractivity contribution in [3.05, 3.63) is 0 Å². The summed E-state index contributed by atoms with van der Waals surface area (Å²) < 4.78 is 0. The van der Waals surface area contributed by atoms with Crippen LogP contribution >= 0.6 is 0 Å². The fourth-order valence-electron chi connectivity index (χ4n) is 2.07. The topological polar surface area (TPSA) is 23.6 Å². The van der Waals surface area contributed by atoms with Crippen molar-refractivity contribution in [1.82, 2.24) is 9.80 Å². The van der Waals surface area contributed by atoms with Gasteiger partial charge in [-0.2, -0.15) is 0 Å². The molecule has 3 heteroatoms. The van der Waals surface area contributed by atoms with Crippen molar-refractivity contribution in [2.75, 3.05) is 26.2 Å². The zero-order valence-corrected chi connectivity index (χ0v) is 9.79. The Kier molecular flexibility index (Phi) is 4.08. The molecule has 1 aliphatic heterocycles. The van der Waals surface area contributed by atoms with Gasteiger partial charge in [0.2, 0.25) is 0 Å². The van der Waals surface area contributed by atoms with Gasteiger partial charge in [-0.25, -0.2) is 0 Å². The number of Topliss-reactive ketones (excluding diaryl/α,β-unsaturated/α-hetero) is 1. The lowest BCUT2D eigenvalue weighted by atomic mass is 10.1. The average molecular weight is 198 g/mol. The lowest BCUT2D eigenvalue weighted by Crippen LogP contribution is -2.57. The first kappa shape index (κ1) is 11.7. The first-order valence-corrected chi connectivity index (χ1v) is 5.54. The monoisotopic (exact) mass is 198 g/mol. The van der Waals surface area contributed by atoms with Gasteiger partial charge in [0, 0.05) is 25.7 Å². The summed E-state index contributed by atoms with van der Waals surface area (Å²) in [6.07, 6.45) is 0. The maximum atomic E-state index is 11.5. The van der Waals surface area contributed by atoms with Gasteiger partial charge < -0.3 is 0 Å². The summed E-state index contributed by atoms with van der Waals surface area (Å²) in [6, 6.07) is 0.673. The SMILES string of the molecule is CCN1CCN(C(C)C)CC1C(C)=O. The zero-order chi connectivity index (χ0) is 10.7. The van der Waals surface area contributed by atoms with Crippen LogP contribution in [-0.4, -0.2) is 53.8 Å². The van der Waals surface area contributed by atoms with Crippen LogP contribution in [0.3, 0.4) is 0 Å². The molecule has 0 radical (unpaired) electrons. The second-order valence-electron chi connectivity index (χ2n) is 4.34. The molecule has 0 aromatic rings. The molecule has 0 aromatic carbocycles. The van der Waals surface area contributed by atoms with Crippen LogP contribution in [0.25, 0.3) is 0 Å². The molecule has 0 saturated carbocycles.